The van der Waals surface area contributed by atoms with Crippen LogP contribution in [0.1, 0.15) is 49.8 Å². The third-order valence-corrected chi connectivity index (χ3v) is 9.84. The molecule has 7 rings (SSSR count). The fourth-order valence-electron chi connectivity index (χ4n) is 6.84. The maximum Gasteiger partial charge on any atom is 0.230 e. The number of anilines is 1. The smallest absolute Gasteiger partial charge is 0.230 e. The Morgan fingerprint density at radius 2 is 1.86 bits per heavy atom. The standard InChI is InChI=1S/C24H27BrN6O4S/c1-14-15(2)29-35-20(14)30-36(33,34)19-5-3-18(4-6-19)27-21(32)23-8-16-7-17(9-23)11-24(10-16,12-23)31-13-26-22(25)28-31/h3-6,13,16-17H,7-12H2,1-2H3,(H2,27,29,30,32)/p-1. The molecule has 0 spiro atoms. The summed E-state index contributed by atoms with van der Waals surface area (Å²) in [4.78, 5) is 18.0. The Morgan fingerprint density at radius 3 is 2.44 bits per heavy atom. The van der Waals surface area contributed by atoms with Crippen LogP contribution in [0.25, 0.3) is 4.72 Å². The number of amides is 1. The SMILES string of the molecule is Cc1noc([N-]S(=O)(=O)c2ccc(NC(=O)C34CC5CC(C3)CC(n3cnc(Br)n3)(C5)C4)cc2)c1C. The third-order valence-electron chi connectivity index (χ3n) is 8.21. The molecule has 1 N–H and O–H groups in total. The van der Waals surface area contributed by atoms with Gasteiger partial charge >= 0.3 is 0 Å². The third kappa shape index (κ3) is 3.85. The molecule has 190 valence electrons. The number of carbonyl (C=O) groups is 1. The van der Waals surface area contributed by atoms with E-state index in [1.165, 1.54) is 12.1 Å². The number of nitrogens with one attached hydrogen (secondary N) is 1. The highest BCUT2D eigenvalue weighted by molar-refractivity contribution is 9.10. The van der Waals surface area contributed by atoms with Gasteiger partial charge in [0.2, 0.25) is 10.6 Å². The predicted octanol–water partition coefficient (Wildman–Crippen LogP) is 4.97. The number of aromatic nitrogens is 4. The van der Waals surface area contributed by atoms with E-state index in [1.54, 1.807) is 32.3 Å². The van der Waals surface area contributed by atoms with Gasteiger partial charge in [0.15, 0.2) is 0 Å². The summed E-state index contributed by atoms with van der Waals surface area (Å²) in [7, 11) is -3.98. The van der Waals surface area contributed by atoms with Gasteiger partial charge in [0.05, 0.1) is 27.4 Å². The molecule has 2 atom stereocenters. The first kappa shape index (κ1) is 23.7. The molecule has 4 fully saturated rings. The number of aryl methyl sites for hydroxylation is 1. The monoisotopic (exact) mass is 573 g/mol. The first-order chi connectivity index (χ1) is 17.1. The topological polar surface area (TPSA) is 134 Å². The highest BCUT2D eigenvalue weighted by Gasteiger charge is 2.61. The number of hydrogen-bond acceptors (Lipinski definition) is 7. The molecule has 0 saturated heterocycles. The van der Waals surface area contributed by atoms with Crippen molar-refractivity contribution in [2.24, 2.45) is 17.3 Å². The molecule has 2 unspecified atom stereocenters. The van der Waals surface area contributed by atoms with Crippen molar-refractivity contribution < 1.29 is 17.7 Å². The molecule has 36 heavy (non-hydrogen) atoms. The molecule has 0 radical (unpaired) electrons. The molecule has 10 nitrogen and oxygen atoms in total. The maximum atomic E-state index is 13.7. The number of halogens is 1. The summed E-state index contributed by atoms with van der Waals surface area (Å²) in [5.74, 6) is 0.933. The average Bonchev–Trinajstić information content (AvgIpc) is 3.40. The number of nitrogens with zero attached hydrogens (tertiary/aromatic N) is 5. The van der Waals surface area contributed by atoms with Gasteiger partial charge in [-0.2, -0.15) is 0 Å². The second-order valence-corrected chi connectivity index (χ2v) is 13.0. The Balaban J connectivity index is 1.20. The zero-order valence-electron chi connectivity index (χ0n) is 19.9. The van der Waals surface area contributed by atoms with Crippen molar-refractivity contribution in [3.8, 4) is 0 Å². The normalized spacial score (nSPS) is 28.9. The van der Waals surface area contributed by atoms with Crippen LogP contribution in [0.5, 0.6) is 0 Å². The molecule has 4 aliphatic rings. The van der Waals surface area contributed by atoms with Gasteiger partial charge in [-0.15, -0.1) is 5.10 Å². The minimum absolute atomic E-state index is 0.00629. The molecular weight excluding hydrogens is 548 g/mol. The molecule has 0 aliphatic heterocycles. The van der Waals surface area contributed by atoms with Crippen LogP contribution in [0.4, 0.5) is 11.6 Å². The summed E-state index contributed by atoms with van der Waals surface area (Å²) in [6, 6.07) is 6.09. The van der Waals surface area contributed by atoms with E-state index in [0.29, 0.717) is 33.5 Å². The largest absolute Gasteiger partial charge is 0.539 e. The van der Waals surface area contributed by atoms with Crippen molar-refractivity contribution in [3.05, 3.63) is 51.3 Å². The number of carbonyl (C=O) groups excluding carboxylic acids is 1. The summed E-state index contributed by atoms with van der Waals surface area (Å²) >= 11 is 3.36. The highest BCUT2D eigenvalue weighted by atomic mass is 79.9. The molecule has 2 heterocycles. The zero-order chi connectivity index (χ0) is 25.3. The van der Waals surface area contributed by atoms with E-state index in [2.05, 4.69) is 41.2 Å². The Bertz CT molecular complexity index is 1430. The second-order valence-electron chi connectivity index (χ2n) is 10.7. The van der Waals surface area contributed by atoms with E-state index < -0.39 is 15.4 Å². The van der Waals surface area contributed by atoms with Crippen LogP contribution >= 0.6 is 15.9 Å². The first-order valence-electron chi connectivity index (χ1n) is 12.0. The van der Waals surface area contributed by atoms with Gasteiger partial charge in [0, 0.05) is 5.69 Å². The molecular formula is C24H26BrN6O4S-. The second kappa shape index (κ2) is 8.14. The lowest BCUT2D eigenvalue weighted by Crippen LogP contribution is -2.60. The molecule has 4 saturated carbocycles. The minimum atomic E-state index is -3.98. The lowest BCUT2D eigenvalue weighted by molar-refractivity contribution is -0.150. The minimum Gasteiger partial charge on any atom is -0.539 e. The summed E-state index contributed by atoms with van der Waals surface area (Å²) in [6.07, 6.45) is 7.45. The van der Waals surface area contributed by atoms with Gasteiger partial charge in [0.1, 0.15) is 16.4 Å². The molecule has 4 aliphatic carbocycles. The van der Waals surface area contributed by atoms with Crippen molar-refractivity contribution in [3.63, 3.8) is 0 Å². The fraction of sp³-hybridized carbons (Fsp3) is 0.500. The van der Waals surface area contributed by atoms with Gasteiger partial charge < -0.3 is 14.6 Å². The quantitative estimate of drug-likeness (QED) is 0.439. The zero-order valence-corrected chi connectivity index (χ0v) is 22.3. The van der Waals surface area contributed by atoms with Crippen LogP contribution in [-0.2, 0) is 20.4 Å². The van der Waals surface area contributed by atoms with Crippen molar-refractivity contribution in [2.75, 3.05) is 5.32 Å². The predicted molar refractivity (Wildman–Crippen MR) is 134 cm³/mol. The van der Waals surface area contributed by atoms with E-state index in [-0.39, 0.29) is 22.2 Å². The lowest BCUT2D eigenvalue weighted by atomic mass is 9.46. The summed E-state index contributed by atoms with van der Waals surface area (Å²) in [5.41, 5.74) is 1.07. The van der Waals surface area contributed by atoms with Crippen molar-refractivity contribution in [1.82, 2.24) is 19.9 Å². The lowest BCUT2D eigenvalue weighted by Gasteiger charge is -2.60. The van der Waals surface area contributed by atoms with E-state index in [9.17, 15) is 13.2 Å². The van der Waals surface area contributed by atoms with Crippen LogP contribution in [0.15, 0.2) is 44.7 Å². The number of hydrogen-bond donors (Lipinski definition) is 1. The van der Waals surface area contributed by atoms with Crippen molar-refractivity contribution in [1.29, 1.82) is 0 Å². The summed E-state index contributed by atoms with van der Waals surface area (Å²) in [6.45, 7) is 3.42. The Morgan fingerprint density at radius 1 is 1.17 bits per heavy atom. The van der Waals surface area contributed by atoms with Crippen molar-refractivity contribution in [2.45, 2.75) is 62.8 Å². The van der Waals surface area contributed by atoms with Crippen molar-refractivity contribution >= 4 is 43.4 Å². The molecule has 1 aromatic carbocycles. The average molecular weight is 574 g/mol. The van der Waals surface area contributed by atoms with E-state index in [1.807, 2.05) is 4.68 Å². The molecule has 3 aromatic rings. The first-order valence-corrected chi connectivity index (χ1v) is 14.2. The van der Waals surface area contributed by atoms with E-state index in [0.717, 1.165) is 38.5 Å². The van der Waals surface area contributed by atoms with E-state index >= 15 is 0 Å². The molecule has 12 heteroatoms. The van der Waals surface area contributed by atoms with Gasteiger partial charge in [-0.05, 0) is 110 Å². The van der Waals surface area contributed by atoms with Gasteiger partial charge in [-0.25, -0.2) is 18.1 Å². The van der Waals surface area contributed by atoms with Crippen LogP contribution in [0, 0.1) is 31.1 Å². The Hall–Kier alpha value is -2.73. The Kier molecular flexibility index (Phi) is 5.35. The van der Waals surface area contributed by atoms with Crippen LogP contribution in [-0.4, -0.2) is 34.2 Å². The van der Waals surface area contributed by atoms with Gasteiger partial charge in [-0.1, -0.05) is 5.16 Å². The van der Waals surface area contributed by atoms with Gasteiger partial charge in [0.25, 0.3) is 0 Å². The van der Waals surface area contributed by atoms with Crippen LogP contribution < -0.4 is 5.32 Å². The fourth-order valence-corrected chi connectivity index (χ4v) is 8.08. The van der Waals surface area contributed by atoms with Crippen LogP contribution in [0.3, 0.4) is 0 Å². The Labute approximate surface area is 217 Å². The molecule has 1 amide bonds. The number of rotatable bonds is 6. The van der Waals surface area contributed by atoms with Gasteiger partial charge in [-0.3, -0.25) is 4.79 Å². The summed E-state index contributed by atoms with van der Waals surface area (Å²) in [5, 5.41) is 11.4. The molecule has 2 aromatic heterocycles. The summed E-state index contributed by atoms with van der Waals surface area (Å²) < 4.78 is 36.8. The maximum absolute atomic E-state index is 13.7. The number of sulfonamides is 1. The van der Waals surface area contributed by atoms with E-state index in [4.69, 9.17) is 4.52 Å². The molecule has 4 bridgehead atoms. The highest BCUT2D eigenvalue weighted by Crippen LogP contribution is 2.64. The number of benzene rings is 1. The van der Waals surface area contributed by atoms with Crippen LogP contribution in [0.2, 0.25) is 0 Å².